The first-order valence-electron chi connectivity index (χ1n) is 9.97. The Labute approximate surface area is 176 Å². The van der Waals surface area contributed by atoms with Gasteiger partial charge in [-0.05, 0) is 73.7 Å². The number of rotatable bonds is 4. The molecular formula is C26H24N2O2. The Balaban J connectivity index is 1.87. The number of para-hydroxylation sites is 1. The molecule has 0 saturated heterocycles. The molecule has 0 saturated carbocycles. The van der Waals surface area contributed by atoms with Gasteiger partial charge in [0.2, 0.25) is 0 Å². The summed E-state index contributed by atoms with van der Waals surface area (Å²) in [7, 11) is 0. The first-order valence-corrected chi connectivity index (χ1v) is 9.97. The van der Waals surface area contributed by atoms with Gasteiger partial charge in [0.05, 0.1) is 11.3 Å². The van der Waals surface area contributed by atoms with Gasteiger partial charge in [0.15, 0.2) is 0 Å². The minimum atomic E-state index is -0.343. The summed E-state index contributed by atoms with van der Waals surface area (Å²) in [6.45, 7) is 7.93. The van der Waals surface area contributed by atoms with Crippen molar-refractivity contribution in [1.29, 1.82) is 0 Å². The molecule has 4 nitrogen and oxygen atoms in total. The summed E-state index contributed by atoms with van der Waals surface area (Å²) in [5.41, 5.74) is 6.97. The normalized spacial score (nSPS) is 13.9. The molecule has 3 aromatic rings. The lowest BCUT2D eigenvalue weighted by molar-refractivity contribution is -0.120. The van der Waals surface area contributed by atoms with Crippen LogP contribution in [0.3, 0.4) is 0 Å². The van der Waals surface area contributed by atoms with E-state index >= 15 is 0 Å². The van der Waals surface area contributed by atoms with Crippen molar-refractivity contribution < 1.29 is 9.59 Å². The number of nitrogens with zero attached hydrogens (tertiary/aromatic N) is 1. The van der Waals surface area contributed by atoms with E-state index in [2.05, 4.69) is 5.32 Å². The van der Waals surface area contributed by atoms with Crippen molar-refractivity contribution in [1.82, 2.24) is 0 Å². The summed E-state index contributed by atoms with van der Waals surface area (Å²) in [4.78, 5) is 28.3. The zero-order valence-corrected chi connectivity index (χ0v) is 17.6. The van der Waals surface area contributed by atoms with Crippen LogP contribution in [0.5, 0.6) is 0 Å². The van der Waals surface area contributed by atoms with E-state index in [0.717, 1.165) is 33.5 Å². The van der Waals surface area contributed by atoms with Gasteiger partial charge in [-0.3, -0.25) is 9.59 Å². The first-order chi connectivity index (χ1) is 14.4. The zero-order chi connectivity index (χ0) is 21.4. The van der Waals surface area contributed by atoms with Gasteiger partial charge in [-0.15, -0.1) is 0 Å². The summed E-state index contributed by atoms with van der Waals surface area (Å²) in [6.07, 6.45) is 0. The van der Waals surface area contributed by atoms with Crippen molar-refractivity contribution in [3.05, 3.63) is 100 Å². The predicted molar refractivity (Wildman–Crippen MR) is 121 cm³/mol. The van der Waals surface area contributed by atoms with Crippen molar-refractivity contribution in [3.8, 4) is 0 Å². The maximum Gasteiger partial charge on any atom is 0.282 e. The number of amides is 2. The third kappa shape index (κ3) is 3.41. The predicted octanol–water partition coefficient (Wildman–Crippen LogP) is 5.32. The van der Waals surface area contributed by atoms with Crippen LogP contribution >= 0.6 is 0 Å². The molecule has 0 aromatic heterocycles. The molecule has 30 heavy (non-hydrogen) atoms. The minimum Gasteiger partial charge on any atom is -0.350 e. The fourth-order valence-electron chi connectivity index (χ4n) is 3.71. The van der Waals surface area contributed by atoms with E-state index in [1.165, 1.54) is 4.90 Å². The molecule has 0 aliphatic carbocycles. The maximum absolute atomic E-state index is 13.5. The van der Waals surface area contributed by atoms with Gasteiger partial charge in [0.1, 0.15) is 5.70 Å². The fraction of sp³-hybridized carbons (Fsp3) is 0.154. The Hall–Kier alpha value is -3.66. The highest BCUT2D eigenvalue weighted by Crippen LogP contribution is 2.35. The molecule has 0 radical (unpaired) electrons. The fourth-order valence-corrected chi connectivity index (χ4v) is 3.71. The van der Waals surface area contributed by atoms with E-state index < -0.39 is 0 Å². The number of benzene rings is 3. The number of carbonyl (C=O) groups is 2. The van der Waals surface area contributed by atoms with Crippen LogP contribution in [0.25, 0.3) is 5.57 Å². The number of imide groups is 1. The molecule has 150 valence electrons. The quantitative estimate of drug-likeness (QED) is 0.608. The Morgan fingerprint density at radius 2 is 1.47 bits per heavy atom. The van der Waals surface area contributed by atoms with Crippen molar-refractivity contribution >= 4 is 28.8 Å². The van der Waals surface area contributed by atoms with Crippen LogP contribution in [0.2, 0.25) is 0 Å². The van der Waals surface area contributed by atoms with Gasteiger partial charge < -0.3 is 5.32 Å². The second-order valence-electron chi connectivity index (χ2n) is 7.78. The van der Waals surface area contributed by atoms with Crippen molar-refractivity contribution in [2.75, 3.05) is 10.2 Å². The molecule has 2 amide bonds. The van der Waals surface area contributed by atoms with Crippen LogP contribution in [0.1, 0.15) is 27.8 Å². The molecule has 1 N–H and O–H groups in total. The van der Waals surface area contributed by atoms with Crippen LogP contribution in [-0.2, 0) is 9.59 Å². The van der Waals surface area contributed by atoms with Gasteiger partial charge in [-0.2, -0.15) is 0 Å². The first kappa shape index (κ1) is 19.6. The molecule has 0 unspecified atom stereocenters. The van der Waals surface area contributed by atoms with Crippen molar-refractivity contribution in [3.63, 3.8) is 0 Å². The van der Waals surface area contributed by atoms with E-state index in [1.54, 1.807) is 6.07 Å². The summed E-state index contributed by atoms with van der Waals surface area (Å²) in [5.74, 6) is -0.656. The molecule has 4 rings (SSSR count). The largest absolute Gasteiger partial charge is 0.350 e. The monoisotopic (exact) mass is 396 g/mol. The van der Waals surface area contributed by atoms with Gasteiger partial charge in [0, 0.05) is 5.69 Å². The van der Waals surface area contributed by atoms with Gasteiger partial charge >= 0.3 is 0 Å². The van der Waals surface area contributed by atoms with Crippen molar-refractivity contribution in [2.24, 2.45) is 0 Å². The Morgan fingerprint density at radius 3 is 2.17 bits per heavy atom. The lowest BCUT2D eigenvalue weighted by Gasteiger charge is -2.17. The summed E-state index contributed by atoms with van der Waals surface area (Å²) in [5, 5.41) is 3.23. The van der Waals surface area contributed by atoms with Crippen LogP contribution in [-0.4, -0.2) is 11.8 Å². The third-order valence-corrected chi connectivity index (χ3v) is 5.52. The van der Waals surface area contributed by atoms with Crippen LogP contribution < -0.4 is 10.2 Å². The topological polar surface area (TPSA) is 49.4 Å². The SMILES string of the molecule is Cc1cccc(NC2=C(c3ccc(C)c(C)c3)C(=O)N(c3ccccc3C)C2=O)c1. The van der Waals surface area contributed by atoms with Crippen LogP contribution in [0, 0.1) is 27.7 Å². The molecule has 1 aliphatic heterocycles. The van der Waals surface area contributed by atoms with Gasteiger partial charge in [-0.1, -0.05) is 48.5 Å². The standard InChI is InChI=1S/C26H24N2O2/c1-16-8-7-10-21(14-16)27-24-23(20-13-12-17(2)19(4)15-20)25(29)28(26(24)30)22-11-6-5-9-18(22)3/h5-15,27H,1-4H3. The number of carbonyl (C=O) groups excluding carboxylic acids is 2. The second-order valence-corrected chi connectivity index (χ2v) is 7.78. The van der Waals surface area contributed by atoms with Crippen LogP contribution in [0.15, 0.2) is 72.4 Å². The Bertz CT molecular complexity index is 1210. The van der Waals surface area contributed by atoms with E-state index in [-0.39, 0.29) is 11.8 Å². The van der Waals surface area contributed by atoms with E-state index in [9.17, 15) is 9.59 Å². The van der Waals surface area contributed by atoms with E-state index in [1.807, 2.05) is 88.4 Å². The molecular weight excluding hydrogens is 372 g/mol. The molecule has 1 aliphatic rings. The zero-order valence-electron chi connectivity index (χ0n) is 17.6. The highest BCUT2D eigenvalue weighted by atomic mass is 16.2. The number of anilines is 2. The maximum atomic E-state index is 13.5. The number of nitrogens with one attached hydrogen (secondary N) is 1. The summed E-state index contributed by atoms with van der Waals surface area (Å²) < 4.78 is 0. The molecule has 0 bridgehead atoms. The van der Waals surface area contributed by atoms with E-state index in [0.29, 0.717) is 17.0 Å². The smallest absolute Gasteiger partial charge is 0.282 e. The summed E-state index contributed by atoms with van der Waals surface area (Å²) in [6, 6.07) is 21.1. The number of hydrogen-bond acceptors (Lipinski definition) is 3. The lowest BCUT2D eigenvalue weighted by Crippen LogP contribution is -2.33. The highest BCUT2D eigenvalue weighted by molar-refractivity contribution is 6.46. The molecule has 0 spiro atoms. The molecule has 4 heteroatoms. The molecule has 0 atom stereocenters. The number of aryl methyl sites for hydroxylation is 4. The van der Waals surface area contributed by atoms with Crippen LogP contribution in [0.4, 0.5) is 11.4 Å². The average molecular weight is 396 g/mol. The molecule has 3 aromatic carbocycles. The van der Waals surface area contributed by atoms with Crippen molar-refractivity contribution in [2.45, 2.75) is 27.7 Å². The molecule has 0 fully saturated rings. The second kappa shape index (κ2) is 7.64. The van der Waals surface area contributed by atoms with Gasteiger partial charge in [-0.25, -0.2) is 4.90 Å². The Kier molecular flexibility index (Phi) is 5.00. The third-order valence-electron chi connectivity index (χ3n) is 5.52. The van der Waals surface area contributed by atoms with E-state index in [4.69, 9.17) is 0 Å². The minimum absolute atomic E-state index is 0.303. The average Bonchev–Trinajstić information content (AvgIpc) is 2.94. The molecule has 1 heterocycles. The number of hydrogen-bond donors (Lipinski definition) is 1. The Morgan fingerprint density at radius 1 is 0.700 bits per heavy atom. The lowest BCUT2D eigenvalue weighted by atomic mass is 9.99. The van der Waals surface area contributed by atoms with Gasteiger partial charge in [0.25, 0.3) is 11.8 Å². The highest BCUT2D eigenvalue weighted by Gasteiger charge is 2.40. The summed E-state index contributed by atoms with van der Waals surface area (Å²) >= 11 is 0.